The van der Waals surface area contributed by atoms with E-state index in [4.69, 9.17) is 15.2 Å². The summed E-state index contributed by atoms with van der Waals surface area (Å²) in [6.45, 7) is 2.30. The Morgan fingerprint density at radius 3 is 2.38 bits per heavy atom. The van der Waals surface area contributed by atoms with Gasteiger partial charge in [-0.1, -0.05) is 30.3 Å². The first kappa shape index (κ1) is 21.5. The SMILES string of the molecule is CCOc1ccc(C(=O)NNC(=O)CC(NC(N)=O)c2ccccc2)cc1OC. The highest BCUT2D eigenvalue weighted by atomic mass is 16.5. The van der Waals surface area contributed by atoms with Crippen molar-refractivity contribution in [3.8, 4) is 11.5 Å². The Hall–Kier alpha value is -3.75. The Labute approximate surface area is 168 Å². The van der Waals surface area contributed by atoms with E-state index < -0.39 is 23.9 Å². The quantitative estimate of drug-likeness (QED) is 0.500. The van der Waals surface area contributed by atoms with E-state index in [1.165, 1.54) is 13.2 Å². The van der Waals surface area contributed by atoms with Crippen LogP contribution in [0.2, 0.25) is 0 Å². The normalized spacial score (nSPS) is 11.1. The van der Waals surface area contributed by atoms with Gasteiger partial charge in [0.05, 0.1) is 26.2 Å². The van der Waals surface area contributed by atoms with Crippen molar-refractivity contribution in [2.24, 2.45) is 5.73 Å². The van der Waals surface area contributed by atoms with E-state index in [9.17, 15) is 14.4 Å². The number of rotatable bonds is 8. The summed E-state index contributed by atoms with van der Waals surface area (Å²) in [6, 6.07) is 12.2. The second kappa shape index (κ2) is 10.5. The highest BCUT2D eigenvalue weighted by Crippen LogP contribution is 2.27. The maximum Gasteiger partial charge on any atom is 0.312 e. The first-order valence-corrected chi connectivity index (χ1v) is 8.95. The Morgan fingerprint density at radius 1 is 1.03 bits per heavy atom. The molecular weight excluding hydrogens is 376 g/mol. The van der Waals surface area contributed by atoms with Gasteiger partial charge in [0.1, 0.15) is 0 Å². The number of primary amides is 1. The number of carbonyl (C=O) groups excluding carboxylic acids is 3. The number of methoxy groups -OCH3 is 1. The van der Waals surface area contributed by atoms with Gasteiger partial charge in [0, 0.05) is 5.56 Å². The minimum atomic E-state index is -0.753. The van der Waals surface area contributed by atoms with Crippen LogP contribution in [-0.2, 0) is 4.79 Å². The number of hydrazine groups is 1. The number of hydrogen-bond acceptors (Lipinski definition) is 5. The molecule has 0 aromatic heterocycles. The second-order valence-corrected chi connectivity index (χ2v) is 5.98. The van der Waals surface area contributed by atoms with Crippen LogP contribution in [0.4, 0.5) is 4.79 Å². The zero-order valence-electron chi connectivity index (χ0n) is 16.2. The van der Waals surface area contributed by atoms with Crippen molar-refractivity contribution in [3.05, 3.63) is 59.7 Å². The summed E-state index contributed by atoms with van der Waals surface area (Å²) >= 11 is 0. The van der Waals surface area contributed by atoms with Gasteiger partial charge >= 0.3 is 6.03 Å². The van der Waals surface area contributed by atoms with Gasteiger partial charge in [-0.25, -0.2) is 4.79 Å². The Balaban J connectivity index is 1.98. The molecule has 0 spiro atoms. The molecule has 4 amide bonds. The largest absolute Gasteiger partial charge is 0.493 e. The van der Waals surface area contributed by atoms with Gasteiger partial charge in [0.25, 0.3) is 5.91 Å². The van der Waals surface area contributed by atoms with Crippen LogP contribution in [0.5, 0.6) is 11.5 Å². The molecule has 5 N–H and O–H groups in total. The lowest BCUT2D eigenvalue weighted by Crippen LogP contribution is -2.44. The average molecular weight is 400 g/mol. The second-order valence-electron chi connectivity index (χ2n) is 5.98. The maximum absolute atomic E-state index is 12.3. The number of carbonyl (C=O) groups is 3. The summed E-state index contributed by atoms with van der Waals surface area (Å²) in [7, 11) is 1.47. The Bertz CT molecular complexity index is 857. The summed E-state index contributed by atoms with van der Waals surface area (Å²) in [5.74, 6) is -0.114. The van der Waals surface area contributed by atoms with Gasteiger partial charge in [-0.05, 0) is 30.7 Å². The lowest BCUT2D eigenvalue weighted by atomic mass is 10.0. The molecule has 0 heterocycles. The molecule has 0 saturated carbocycles. The Kier molecular flexibility index (Phi) is 7.84. The van der Waals surface area contributed by atoms with Crippen LogP contribution in [0.1, 0.15) is 35.3 Å². The first-order chi connectivity index (χ1) is 13.9. The van der Waals surface area contributed by atoms with Gasteiger partial charge in [0.15, 0.2) is 11.5 Å². The van der Waals surface area contributed by atoms with Gasteiger partial charge in [0.2, 0.25) is 5.91 Å². The average Bonchev–Trinajstić information content (AvgIpc) is 2.72. The van der Waals surface area contributed by atoms with Crippen LogP contribution in [0.3, 0.4) is 0 Å². The summed E-state index contributed by atoms with van der Waals surface area (Å²) in [6.07, 6.45) is -0.111. The molecule has 0 fully saturated rings. The van der Waals surface area contributed by atoms with E-state index in [-0.39, 0.29) is 12.0 Å². The summed E-state index contributed by atoms with van der Waals surface area (Å²) in [5.41, 5.74) is 10.8. The van der Waals surface area contributed by atoms with Crippen molar-refractivity contribution in [3.63, 3.8) is 0 Å². The van der Waals surface area contributed by atoms with Crippen LogP contribution < -0.4 is 31.4 Å². The highest BCUT2D eigenvalue weighted by molar-refractivity contribution is 5.96. The summed E-state index contributed by atoms with van der Waals surface area (Å²) in [4.78, 5) is 35.8. The van der Waals surface area contributed by atoms with Crippen LogP contribution in [0, 0.1) is 0 Å². The van der Waals surface area contributed by atoms with Crippen molar-refractivity contribution >= 4 is 17.8 Å². The molecule has 0 aliphatic rings. The van der Waals surface area contributed by atoms with E-state index in [1.807, 2.05) is 13.0 Å². The van der Waals surface area contributed by atoms with Crippen LogP contribution in [-0.4, -0.2) is 31.6 Å². The predicted molar refractivity (Wildman–Crippen MR) is 106 cm³/mol. The lowest BCUT2D eigenvalue weighted by Gasteiger charge is -2.18. The monoisotopic (exact) mass is 400 g/mol. The molecule has 0 bridgehead atoms. The van der Waals surface area contributed by atoms with Crippen molar-refractivity contribution in [1.82, 2.24) is 16.2 Å². The molecule has 154 valence electrons. The Morgan fingerprint density at radius 2 is 1.76 bits per heavy atom. The molecule has 9 heteroatoms. The van der Waals surface area contributed by atoms with E-state index in [0.717, 1.165) is 0 Å². The number of ether oxygens (including phenoxy) is 2. The van der Waals surface area contributed by atoms with Crippen LogP contribution in [0.25, 0.3) is 0 Å². The van der Waals surface area contributed by atoms with E-state index in [1.54, 1.807) is 36.4 Å². The van der Waals surface area contributed by atoms with E-state index in [2.05, 4.69) is 16.2 Å². The number of urea groups is 1. The predicted octanol–water partition coefficient (Wildman–Crippen LogP) is 1.65. The van der Waals surface area contributed by atoms with Crippen molar-refractivity contribution in [2.45, 2.75) is 19.4 Å². The third-order valence-electron chi connectivity index (χ3n) is 3.95. The van der Waals surface area contributed by atoms with Crippen LogP contribution >= 0.6 is 0 Å². The minimum absolute atomic E-state index is 0.111. The molecule has 0 saturated heterocycles. The topological polar surface area (TPSA) is 132 Å². The maximum atomic E-state index is 12.3. The van der Waals surface area contributed by atoms with Gasteiger partial charge in [-0.3, -0.25) is 20.4 Å². The third kappa shape index (κ3) is 6.42. The van der Waals surface area contributed by atoms with Gasteiger partial charge < -0.3 is 20.5 Å². The molecule has 2 rings (SSSR count). The summed E-state index contributed by atoms with van der Waals surface area (Å²) in [5, 5.41) is 2.51. The molecule has 29 heavy (non-hydrogen) atoms. The third-order valence-corrected chi connectivity index (χ3v) is 3.95. The molecule has 0 aliphatic heterocycles. The molecule has 2 aromatic carbocycles. The zero-order chi connectivity index (χ0) is 21.2. The molecule has 1 atom stereocenters. The number of amides is 4. The fraction of sp³-hybridized carbons (Fsp3) is 0.250. The molecule has 1 unspecified atom stereocenters. The van der Waals surface area contributed by atoms with Crippen molar-refractivity contribution in [1.29, 1.82) is 0 Å². The molecule has 0 aliphatic carbocycles. The molecule has 9 nitrogen and oxygen atoms in total. The number of benzene rings is 2. The number of hydrogen-bond donors (Lipinski definition) is 4. The van der Waals surface area contributed by atoms with E-state index >= 15 is 0 Å². The fourth-order valence-electron chi connectivity index (χ4n) is 2.63. The van der Waals surface area contributed by atoms with Crippen molar-refractivity contribution in [2.75, 3.05) is 13.7 Å². The standard InChI is InChI=1S/C20H24N4O5/c1-3-29-16-10-9-14(11-17(16)28-2)19(26)24-23-18(25)12-15(22-20(21)27)13-7-5-4-6-8-13/h4-11,15H,3,12H2,1-2H3,(H,23,25)(H,24,26)(H3,21,22,27). The molecular formula is C20H24N4O5. The minimum Gasteiger partial charge on any atom is -0.493 e. The highest BCUT2D eigenvalue weighted by Gasteiger charge is 2.18. The van der Waals surface area contributed by atoms with Gasteiger partial charge in [-0.15, -0.1) is 0 Å². The zero-order valence-corrected chi connectivity index (χ0v) is 16.2. The molecule has 0 radical (unpaired) electrons. The van der Waals surface area contributed by atoms with Gasteiger partial charge in [-0.2, -0.15) is 0 Å². The summed E-state index contributed by atoms with van der Waals surface area (Å²) < 4.78 is 10.6. The van der Waals surface area contributed by atoms with Crippen molar-refractivity contribution < 1.29 is 23.9 Å². The van der Waals surface area contributed by atoms with E-state index in [0.29, 0.717) is 23.7 Å². The fourth-order valence-corrected chi connectivity index (χ4v) is 2.63. The lowest BCUT2D eigenvalue weighted by molar-refractivity contribution is -0.122. The first-order valence-electron chi connectivity index (χ1n) is 8.95. The number of nitrogens with one attached hydrogen (secondary N) is 3. The molecule has 2 aromatic rings. The smallest absolute Gasteiger partial charge is 0.312 e. The van der Waals surface area contributed by atoms with Crippen LogP contribution in [0.15, 0.2) is 48.5 Å². The number of nitrogens with two attached hydrogens (primary N) is 1.